The Labute approximate surface area is 111 Å². The maximum Gasteiger partial charge on any atom is 0.223 e. The summed E-state index contributed by atoms with van der Waals surface area (Å²) >= 11 is 5.78. The zero-order valence-corrected chi connectivity index (χ0v) is 10.7. The number of fused-ring (bicyclic) bond motifs is 1. The molecule has 1 heterocycles. The van der Waals surface area contributed by atoms with Gasteiger partial charge in [-0.3, -0.25) is 0 Å². The number of rotatable bonds is 2. The van der Waals surface area contributed by atoms with Crippen LogP contribution in [-0.2, 0) is 6.42 Å². The fraction of sp³-hybridized carbons (Fsp3) is 0.286. The maximum absolute atomic E-state index is 5.78. The molecule has 1 atom stereocenters. The topological polar surface area (TPSA) is 37.8 Å². The van der Waals surface area contributed by atoms with Crippen LogP contribution in [0.3, 0.4) is 0 Å². The summed E-state index contributed by atoms with van der Waals surface area (Å²) < 4.78 is 0. The molecule has 3 nitrogen and oxygen atoms in total. The average molecular weight is 260 g/mol. The van der Waals surface area contributed by atoms with Gasteiger partial charge in [0.25, 0.3) is 0 Å². The van der Waals surface area contributed by atoms with Crippen LogP contribution in [0.2, 0.25) is 5.02 Å². The molecule has 92 valence electrons. The molecule has 4 heteroatoms. The van der Waals surface area contributed by atoms with Gasteiger partial charge in [-0.1, -0.05) is 35.9 Å². The van der Waals surface area contributed by atoms with Crippen LogP contribution in [0.4, 0.5) is 5.95 Å². The van der Waals surface area contributed by atoms with Crippen LogP contribution in [-0.4, -0.2) is 9.97 Å². The van der Waals surface area contributed by atoms with E-state index in [1.807, 2.05) is 0 Å². The Morgan fingerprint density at radius 1 is 1.17 bits per heavy atom. The molecule has 0 saturated carbocycles. The molecule has 1 aromatic carbocycles. The van der Waals surface area contributed by atoms with Crippen molar-refractivity contribution in [2.75, 3.05) is 5.32 Å². The van der Waals surface area contributed by atoms with E-state index in [0.717, 1.165) is 12.8 Å². The van der Waals surface area contributed by atoms with Gasteiger partial charge in [0.1, 0.15) is 0 Å². The van der Waals surface area contributed by atoms with Crippen molar-refractivity contribution in [1.29, 1.82) is 0 Å². The summed E-state index contributed by atoms with van der Waals surface area (Å²) in [7, 11) is 0. The minimum Gasteiger partial charge on any atom is -0.347 e. The van der Waals surface area contributed by atoms with Gasteiger partial charge in [-0.25, -0.2) is 9.97 Å². The Kier molecular flexibility index (Phi) is 3.15. The van der Waals surface area contributed by atoms with Gasteiger partial charge in [-0.15, -0.1) is 0 Å². The Balaban J connectivity index is 1.84. The molecule has 0 aliphatic heterocycles. The number of halogens is 1. The van der Waals surface area contributed by atoms with E-state index in [-0.39, 0.29) is 0 Å². The molecule has 0 spiro atoms. The molecular weight excluding hydrogens is 246 g/mol. The number of nitrogens with one attached hydrogen (secondary N) is 1. The number of aromatic nitrogens is 2. The first-order valence-corrected chi connectivity index (χ1v) is 6.52. The first-order chi connectivity index (χ1) is 8.83. The molecule has 1 N–H and O–H groups in total. The van der Waals surface area contributed by atoms with E-state index in [0.29, 0.717) is 17.0 Å². The molecule has 2 aromatic rings. The summed E-state index contributed by atoms with van der Waals surface area (Å²) in [6.07, 6.45) is 6.71. The Morgan fingerprint density at radius 3 is 2.78 bits per heavy atom. The van der Waals surface area contributed by atoms with E-state index in [9.17, 15) is 0 Å². The highest BCUT2D eigenvalue weighted by Crippen LogP contribution is 2.31. The van der Waals surface area contributed by atoms with Crippen molar-refractivity contribution in [3.63, 3.8) is 0 Å². The van der Waals surface area contributed by atoms with E-state index in [4.69, 9.17) is 11.6 Å². The number of aryl methyl sites for hydroxylation is 1. The molecule has 0 saturated heterocycles. The number of nitrogens with zero attached hydrogens (tertiary/aromatic N) is 2. The number of benzene rings is 1. The summed E-state index contributed by atoms with van der Waals surface area (Å²) in [6.45, 7) is 0. The highest BCUT2D eigenvalue weighted by atomic mass is 35.5. The van der Waals surface area contributed by atoms with Gasteiger partial charge in [0.2, 0.25) is 5.95 Å². The van der Waals surface area contributed by atoms with E-state index < -0.39 is 0 Å². The molecule has 1 aliphatic rings. The first kappa shape index (κ1) is 11.5. The van der Waals surface area contributed by atoms with Crippen molar-refractivity contribution < 1.29 is 0 Å². The number of anilines is 1. The molecule has 0 fully saturated rings. The van der Waals surface area contributed by atoms with Crippen LogP contribution in [0.5, 0.6) is 0 Å². The lowest BCUT2D eigenvalue weighted by molar-refractivity contribution is 0.596. The molecule has 0 amide bonds. The molecule has 0 radical (unpaired) electrons. The monoisotopic (exact) mass is 259 g/mol. The first-order valence-electron chi connectivity index (χ1n) is 6.15. The predicted molar refractivity (Wildman–Crippen MR) is 72.8 cm³/mol. The molecular formula is C14H14ClN3. The van der Waals surface area contributed by atoms with Gasteiger partial charge in [-0.2, -0.15) is 0 Å². The van der Waals surface area contributed by atoms with Crippen molar-refractivity contribution >= 4 is 17.5 Å². The average Bonchev–Trinajstić information content (AvgIpc) is 2.42. The fourth-order valence-electron chi connectivity index (χ4n) is 2.45. The Morgan fingerprint density at radius 2 is 1.94 bits per heavy atom. The van der Waals surface area contributed by atoms with Crippen molar-refractivity contribution in [2.24, 2.45) is 0 Å². The van der Waals surface area contributed by atoms with Gasteiger partial charge < -0.3 is 5.32 Å². The van der Waals surface area contributed by atoms with Crippen LogP contribution < -0.4 is 5.32 Å². The summed E-state index contributed by atoms with van der Waals surface area (Å²) in [5.41, 5.74) is 2.79. The summed E-state index contributed by atoms with van der Waals surface area (Å²) in [5.74, 6) is 0.640. The van der Waals surface area contributed by atoms with E-state index in [1.165, 1.54) is 17.5 Å². The standard InChI is InChI=1S/C14H14ClN3/c15-11-8-16-14(17-9-11)18-13-7-3-5-10-4-1-2-6-12(10)13/h1-2,4,6,8-9,13H,3,5,7H2,(H,16,17,18). The van der Waals surface area contributed by atoms with Gasteiger partial charge in [-0.05, 0) is 30.4 Å². The van der Waals surface area contributed by atoms with Crippen LogP contribution in [0.1, 0.15) is 30.0 Å². The highest BCUT2D eigenvalue weighted by molar-refractivity contribution is 6.30. The third-order valence-corrected chi connectivity index (χ3v) is 3.49. The van der Waals surface area contributed by atoms with Crippen molar-refractivity contribution in [1.82, 2.24) is 9.97 Å². The summed E-state index contributed by atoms with van der Waals surface area (Å²) in [5, 5.41) is 3.94. The lowest BCUT2D eigenvalue weighted by atomic mass is 9.88. The minimum atomic E-state index is 0.302. The molecule has 1 aromatic heterocycles. The van der Waals surface area contributed by atoms with Gasteiger partial charge in [0, 0.05) is 0 Å². The summed E-state index contributed by atoms with van der Waals surface area (Å²) in [4.78, 5) is 8.38. The Hall–Kier alpha value is -1.61. The lowest BCUT2D eigenvalue weighted by Crippen LogP contribution is -2.18. The molecule has 3 rings (SSSR count). The van der Waals surface area contributed by atoms with Crippen LogP contribution >= 0.6 is 11.6 Å². The van der Waals surface area contributed by atoms with Crippen molar-refractivity contribution in [3.8, 4) is 0 Å². The quantitative estimate of drug-likeness (QED) is 0.895. The third kappa shape index (κ3) is 2.31. The second kappa shape index (κ2) is 4.94. The van der Waals surface area contributed by atoms with Gasteiger partial charge in [0.15, 0.2) is 0 Å². The van der Waals surface area contributed by atoms with E-state index >= 15 is 0 Å². The maximum atomic E-state index is 5.78. The third-order valence-electron chi connectivity index (χ3n) is 3.29. The predicted octanol–water partition coefficient (Wildman–Crippen LogP) is 3.62. The smallest absolute Gasteiger partial charge is 0.223 e. The normalized spacial score (nSPS) is 18.2. The van der Waals surface area contributed by atoms with Crippen molar-refractivity contribution in [3.05, 3.63) is 52.8 Å². The lowest BCUT2D eigenvalue weighted by Gasteiger charge is -2.26. The highest BCUT2D eigenvalue weighted by Gasteiger charge is 2.19. The Bertz CT molecular complexity index is 539. The minimum absolute atomic E-state index is 0.302. The zero-order valence-electron chi connectivity index (χ0n) is 9.94. The van der Waals surface area contributed by atoms with Gasteiger partial charge >= 0.3 is 0 Å². The number of hydrogen-bond acceptors (Lipinski definition) is 3. The number of hydrogen-bond donors (Lipinski definition) is 1. The molecule has 1 unspecified atom stereocenters. The summed E-state index contributed by atoms with van der Waals surface area (Å²) in [6, 6.07) is 8.87. The van der Waals surface area contributed by atoms with E-state index in [1.54, 1.807) is 12.4 Å². The second-order valence-corrected chi connectivity index (χ2v) is 4.95. The van der Waals surface area contributed by atoms with Gasteiger partial charge in [0.05, 0.1) is 23.5 Å². The molecule has 18 heavy (non-hydrogen) atoms. The van der Waals surface area contributed by atoms with Crippen LogP contribution in [0, 0.1) is 0 Å². The van der Waals surface area contributed by atoms with Crippen LogP contribution in [0.15, 0.2) is 36.7 Å². The molecule has 1 aliphatic carbocycles. The van der Waals surface area contributed by atoms with Crippen molar-refractivity contribution in [2.45, 2.75) is 25.3 Å². The zero-order chi connectivity index (χ0) is 12.4. The fourth-order valence-corrected chi connectivity index (χ4v) is 2.54. The largest absolute Gasteiger partial charge is 0.347 e. The van der Waals surface area contributed by atoms with Crippen LogP contribution in [0.25, 0.3) is 0 Å². The SMILES string of the molecule is Clc1cnc(NC2CCCc3ccccc32)nc1. The molecule has 0 bridgehead atoms. The second-order valence-electron chi connectivity index (χ2n) is 4.51. The van der Waals surface area contributed by atoms with E-state index in [2.05, 4.69) is 39.6 Å².